The highest BCUT2D eigenvalue weighted by atomic mass is 19.4. The van der Waals surface area contributed by atoms with Gasteiger partial charge in [-0.25, -0.2) is 8.78 Å². The van der Waals surface area contributed by atoms with Crippen LogP contribution in [0, 0.1) is 0 Å². The van der Waals surface area contributed by atoms with Crippen LogP contribution in [0.3, 0.4) is 0 Å². The van der Waals surface area contributed by atoms with Crippen LogP contribution in [0.4, 0.5) is 30.7 Å². The summed E-state index contributed by atoms with van der Waals surface area (Å²) in [7, 11) is 0. The standard InChI is InChI=1S/C7H5F7O2/c1-4(15,7(12,13)14)5(9)2-3(8)6(10,11)16-5/h2,15H,1H3. The van der Waals surface area contributed by atoms with Crippen molar-refractivity contribution in [3.8, 4) is 0 Å². The van der Waals surface area contributed by atoms with Gasteiger partial charge in [0.25, 0.3) is 5.85 Å². The Bertz CT molecular complexity index is 332. The number of aliphatic hydroxyl groups is 1. The zero-order chi connectivity index (χ0) is 13.0. The third-order valence-electron chi connectivity index (χ3n) is 2.08. The Morgan fingerprint density at radius 1 is 1.25 bits per heavy atom. The molecule has 0 bridgehead atoms. The molecule has 94 valence electrons. The molecule has 1 aliphatic rings. The Labute approximate surface area is 84.3 Å². The molecule has 0 saturated carbocycles. The largest absolute Gasteiger partial charge is 0.422 e. The van der Waals surface area contributed by atoms with Crippen LogP contribution < -0.4 is 0 Å². The molecule has 0 amide bonds. The molecule has 16 heavy (non-hydrogen) atoms. The highest BCUT2D eigenvalue weighted by Crippen LogP contribution is 2.50. The third kappa shape index (κ3) is 1.67. The molecule has 9 heteroatoms. The van der Waals surface area contributed by atoms with Crippen LogP contribution in [-0.2, 0) is 4.74 Å². The van der Waals surface area contributed by atoms with Gasteiger partial charge in [-0.15, -0.1) is 0 Å². The molecule has 0 fully saturated rings. The van der Waals surface area contributed by atoms with Gasteiger partial charge in [0.1, 0.15) is 0 Å². The fourth-order valence-electron chi connectivity index (χ4n) is 0.945. The van der Waals surface area contributed by atoms with E-state index in [-0.39, 0.29) is 6.92 Å². The maximum Gasteiger partial charge on any atom is 0.422 e. The van der Waals surface area contributed by atoms with Crippen molar-refractivity contribution < 1.29 is 40.6 Å². The van der Waals surface area contributed by atoms with E-state index in [2.05, 4.69) is 4.74 Å². The fraction of sp³-hybridized carbons (Fsp3) is 0.714. The molecule has 0 aromatic rings. The van der Waals surface area contributed by atoms with Crippen molar-refractivity contribution in [1.82, 2.24) is 0 Å². The highest BCUT2D eigenvalue weighted by molar-refractivity contribution is 5.20. The summed E-state index contributed by atoms with van der Waals surface area (Å²) in [5.41, 5.74) is -4.29. The van der Waals surface area contributed by atoms with E-state index in [1.54, 1.807) is 0 Å². The Morgan fingerprint density at radius 3 is 1.94 bits per heavy atom. The van der Waals surface area contributed by atoms with Crippen molar-refractivity contribution >= 4 is 0 Å². The van der Waals surface area contributed by atoms with Crippen molar-refractivity contribution in [2.75, 3.05) is 0 Å². The number of alkyl halides is 6. The summed E-state index contributed by atoms with van der Waals surface area (Å²) >= 11 is 0. The molecule has 0 spiro atoms. The minimum absolute atomic E-state index is 0.141. The Balaban J connectivity index is 3.17. The van der Waals surface area contributed by atoms with Gasteiger partial charge in [0, 0.05) is 6.08 Å². The van der Waals surface area contributed by atoms with Crippen LogP contribution in [-0.4, -0.2) is 28.8 Å². The zero-order valence-electron chi connectivity index (χ0n) is 7.58. The second kappa shape index (κ2) is 3.10. The molecule has 1 rings (SSSR count). The number of hydrogen-bond acceptors (Lipinski definition) is 2. The van der Waals surface area contributed by atoms with E-state index in [1.807, 2.05) is 0 Å². The number of halogens is 7. The summed E-state index contributed by atoms with van der Waals surface area (Å²) in [6.45, 7) is -0.141. The van der Waals surface area contributed by atoms with Gasteiger partial charge >= 0.3 is 12.3 Å². The molecular weight excluding hydrogens is 249 g/mol. The first-order chi connectivity index (χ1) is 6.83. The number of hydrogen-bond donors (Lipinski definition) is 1. The molecule has 0 saturated heterocycles. The van der Waals surface area contributed by atoms with Gasteiger partial charge in [-0.3, -0.25) is 4.74 Å². The Morgan fingerprint density at radius 2 is 1.69 bits per heavy atom. The molecular formula is C7H5F7O2. The van der Waals surface area contributed by atoms with Crippen LogP contribution >= 0.6 is 0 Å². The predicted molar refractivity (Wildman–Crippen MR) is 35.7 cm³/mol. The van der Waals surface area contributed by atoms with Gasteiger partial charge in [0.05, 0.1) is 0 Å². The molecule has 0 aromatic carbocycles. The second-order valence-corrected chi connectivity index (χ2v) is 3.33. The third-order valence-corrected chi connectivity index (χ3v) is 2.08. The van der Waals surface area contributed by atoms with E-state index in [0.717, 1.165) is 0 Å². The SMILES string of the molecule is CC(O)(C(F)(F)F)C1(F)C=C(F)C(F)(F)O1. The molecule has 2 nitrogen and oxygen atoms in total. The summed E-state index contributed by atoms with van der Waals surface area (Å²) in [5, 5.41) is 8.79. The molecule has 2 atom stereocenters. The predicted octanol–water partition coefficient (Wildman–Crippen LogP) is 2.44. The van der Waals surface area contributed by atoms with E-state index >= 15 is 0 Å². The van der Waals surface area contributed by atoms with Crippen molar-refractivity contribution in [3.05, 3.63) is 11.9 Å². The van der Waals surface area contributed by atoms with Crippen molar-refractivity contribution in [3.63, 3.8) is 0 Å². The van der Waals surface area contributed by atoms with Gasteiger partial charge in [-0.05, 0) is 6.92 Å². The van der Waals surface area contributed by atoms with Crippen molar-refractivity contribution in [2.45, 2.75) is 30.7 Å². The molecule has 1 aliphatic heterocycles. The quantitative estimate of drug-likeness (QED) is 0.728. The summed E-state index contributed by atoms with van der Waals surface area (Å²) in [6.07, 6.45) is -11.2. The first-order valence-electron chi connectivity index (χ1n) is 3.78. The minimum atomic E-state index is -5.61. The van der Waals surface area contributed by atoms with Crippen LogP contribution in [0.25, 0.3) is 0 Å². The summed E-state index contributed by atoms with van der Waals surface area (Å²) in [4.78, 5) is 0. The maximum absolute atomic E-state index is 13.3. The van der Waals surface area contributed by atoms with Gasteiger partial charge < -0.3 is 5.11 Å². The van der Waals surface area contributed by atoms with Gasteiger partial charge in [-0.1, -0.05) is 0 Å². The van der Waals surface area contributed by atoms with Gasteiger partial charge in [0.15, 0.2) is 0 Å². The molecule has 0 aliphatic carbocycles. The monoisotopic (exact) mass is 254 g/mol. The first-order valence-corrected chi connectivity index (χ1v) is 3.78. The average Bonchev–Trinajstić information content (AvgIpc) is 2.19. The lowest BCUT2D eigenvalue weighted by molar-refractivity contribution is -0.379. The van der Waals surface area contributed by atoms with E-state index < -0.39 is 35.6 Å². The van der Waals surface area contributed by atoms with Crippen LogP contribution in [0.2, 0.25) is 0 Å². The van der Waals surface area contributed by atoms with Crippen molar-refractivity contribution in [2.24, 2.45) is 0 Å². The van der Waals surface area contributed by atoms with E-state index in [4.69, 9.17) is 5.11 Å². The summed E-state index contributed by atoms with van der Waals surface area (Å²) in [6, 6.07) is 0. The molecule has 0 aromatic heterocycles. The normalized spacial score (nSPS) is 33.4. The van der Waals surface area contributed by atoms with Crippen LogP contribution in [0.15, 0.2) is 11.9 Å². The zero-order valence-corrected chi connectivity index (χ0v) is 7.58. The molecule has 0 radical (unpaired) electrons. The van der Waals surface area contributed by atoms with Crippen molar-refractivity contribution in [1.29, 1.82) is 0 Å². The van der Waals surface area contributed by atoms with E-state index in [1.165, 1.54) is 0 Å². The Kier molecular flexibility index (Phi) is 2.56. The number of rotatable bonds is 1. The number of ether oxygens (including phenoxy) is 1. The lowest BCUT2D eigenvalue weighted by Crippen LogP contribution is -2.59. The van der Waals surface area contributed by atoms with E-state index in [9.17, 15) is 30.7 Å². The molecule has 1 N–H and O–H groups in total. The first kappa shape index (κ1) is 13.2. The minimum Gasteiger partial charge on any atom is -0.376 e. The van der Waals surface area contributed by atoms with E-state index in [0.29, 0.717) is 0 Å². The maximum atomic E-state index is 13.3. The lowest BCUT2D eigenvalue weighted by Gasteiger charge is -2.35. The van der Waals surface area contributed by atoms with Crippen LogP contribution in [0.1, 0.15) is 6.92 Å². The van der Waals surface area contributed by atoms with Gasteiger partial charge in [0.2, 0.25) is 11.4 Å². The van der Waals surface area contributed by atoms with Gasteiger partial charge in [-0.2, -0.15) is 22.0 Å². The molecule has 2 unspecified atom stereocenters. The molecule has 1 heterocycles. The summed E-state index contributed by atoms with van der Waals surface area (Å²) in [5.74, 6) is -6.90. The second-order valence-electron chi connectivity index (χ2n) is 3.33. The highest BCUT2D eigenvalue weighted by Gasteiger charge is 2.71. The topological polar surface area (TPSA) is 29.5 Å². The smallest absolute Gasteiger partial charge is 0.376 e. The van der Waals surface area contributed by atoms with Crippen LogP contribution in [0.5, 0.6) is 0 Å². The Hall–Kier alpha value is -0.830. The average molecular weight is 254 g/mol. The summed E-state index contributed by atoms with van der Waals surface area (Å²) < 4.78 is 89.9. The fourth-order valence-corrected chi connectivity index (χ4v) is 0.945. The lowest BCUT2D eigenvalue weighted by atomic mass is 9.96.